The van der Waals surface area contributed by atoms with E-state index in [0.717, 1.165) is 17.6 Å². The van der Waals surface area contributed by atoms with E-state index >= 15 is 0 Å². The molecule has 0 aliphatic rings. The first-order chi connectivity index (χ1) is 10.3. The minimum absolute atomic E-state index is 0.201. The molecule has 106 valence electrons. The van der Waals surface area contributed by atoms with E-state index in [1.807, 2.05) is 30.3 Å². The number of phenolic OH excluding ortho intramolecular Hbond substituents is 1. The molecule has 0 saturated carbocycles. The average molecular weight is 280 g/mol. The van der Waals surface area contributed by atoms with Gasteiger partial charge in [-0.1, -0.05) is 24.3 Å². The third kappa shape index (κ3) is 2.58. The van der Waals surface area contributed by atoms with E-state index in [4.69, 9.17) is 0 Å². The average Bonchev–Trinajstić information content (AvgIpc) is 2.86. The van der Waals surface area contributed by atoms with Gasteiger partial charge in [0.1, 0.15) is 5.75 Å². The fourth-order valence-corrected chi connectivity index (χ4v) is 2.24. The molecule has 0 saturated heterocycles. The van der Waals surface area contributed by atoms with Crippen LogP contribution in [0.5, 0.6) is 5.75 Å². The van der Waals surface area contributed by atoms with Crippen LogP contribution in [0, 0.1) is 0 Å². The summed E-state index contributed by atoms with van der Waals surface area (Å²) in [6.07, 6.45) is 1.58. The van der Waals surface area contributed by atoms with Gasteiger partial charge in [0.2, 0.25) is 5.95 Å². The lowest BCUT2D eigenvalue weighted by Gasteiger charge is -2.04. The van der Waals surface area contributed by atoms with E-state index in [0.29, 0.717) is 11.5 Å². The highest BCUT2D eigenvalue weighted by atomic mass is 16.3. The van der Waals surface area contributed by atoms with Crippen LogP contribution in [0.25, 0.3) is 11.0 Å². The number of hydrazone groups is 1. The number of aromatic hydroxyl groups is 1. The zero-order chi connectivity index (χ0) is 14.7. The zero-order valence-corrected chi connectivity index (χ0v) is 11.7. The van der Waals surface area contributed by atoms with Gasteiger partial charge >= 0.3 is 0 Å². The zero-order valence-electron chi connectivity index (χ0n) is 11.7. The summed E-state index contributed by atoms with van der Waals surface area (Å²) >= 11 is 0. The van der Waals surface area contributed by atoms with Gasteiger partial charge in [-0.2, -0.15) is 5.10 Å². The Morgan fingerprint density at radius 1 is 1.19 bits per heavy atom. The molecule has 5 heteroatoms. The summed E-state index contributed by atoms with van der Waals surface area (Å²) in [5.41, 5.74) is 5.60. The third-order valence-electron chi connectivity index (χ3n) is 3.28. The van der Waals surface area contributed by atoms with Crippen LogP contribution in [-0.2, 0) is 6.54 Å². The van der Waals surface area contributed by atoms with Crippen molar-refractivity contribution in [3.8, 4) is 5.75 Å². The molecule has 3 rings (SSSR count). The lowest BCUT2D eigenvalue weighted by Crippen LogP contribution is -2.01. The van der Waals surface area contributed by atoms with Gasteiger partial charge in [-0.25, -0.2) is 10.4 Å². The largest absolute Gasteiger partial charge is 0.507 e. The Hall–Kier alpha value is -2.82. The molecule has 3 aromatic rings. The van der Waals surface area contributed by atoms with Crippen molar-refractivity contribution >= 4 is 23.2 Å². The van der Waals surface area contributed by atoms with Gasteiger partial charge in [0.25, 0.3) is 0 Å². The first kappa shape index (κ1) is 13.2. The number of hydrogen-bond donors (Lipinski definition) is 2. The van der Waals surface area contributed by atoms with E-state index in [1.165, 1.54) is 0 Å². The molecule has 2 aromatic carbocycles. The SMILES string of the molecule is CCn1c(NN=Cc2ccccc2O)nc2ccccc21. The number of anilines is 1. The van der Waals surface area contributed by atoms with Gasteiger partial charge in [0.15, 0.2) is 0 Å². The predicted octanol–water partition coefficient (Wildman–Crippen LogP) is 3.21. The van der Waals surface area contributed by atoms with Crippen molar-refractivity contribution in [3.63, 3.8) is 0 Å². The minimum atomic E-state index is 0.201. The molecule has 0 aliphatic carbocycles. The lowest BCUT2D eigenvalue weighted by molar-refractivity contribution is 0.474. The Labute approximate surface area is 122 Å². The molecule has 0 bridgehead atoms. The lowest BCUT2D eigenvalue weighted by atomic mass is 10.2. The van der Waals surface area contributed by atoms with Gasteiger partial charge in [0.05, 0.1) is 17.2 Å². The summed E-state index contributed by atoms with van der Waals surface area (Å²) in [5.74, 6) is 0.886. The van der Waals surface area contributed by atoms with Crippen LogP contribution in [0.4, 0.5) is 5.95 Å². The normalized spacial score (nSPS) is 11.3. The van der Waals surface area contributed by atoms with Crippen LogP contribution in [-0.4, -0.2) is 20.9 Å². The number of para-hydroxylation sites is 3. The fraction of sp³-hybridized carbons (Fsp3) is 0.125. The van der Waals surface area contributed by atoms with E-state index < -0.39 is 0 Å². The summed E-state index contributed by atoms with van der Waals surface area (Å²) in [6.45, 7) is 2.86. The smallest absolute Gasteiger partial charge is 0.224 e. The highest BCUT2D eigenvalue weighted by Crippen LogP contribution is 2.19. The maximum Gasteiger partial charge on any atom is 0.224 e. The Morgan fingerprint density at radius 3 is 2.76 bits per heavy atom. The number of nitrogens with one attached hydrogen (secondary N) is 1. The molecule has 21 heavy (non-hydrogen) atoms. The number of nitrogens with zero attached hydrogens (tertiary/aromatic N) is 3. The molecule has 0 atom stereocenters. The van der Waals surface area contributed by atoms with Crippen LogP contribution in [0.2, 0.25) is 0 Å². The number of aromatic nitrogens is 2. The topological polar surface area (TPSA) is 62.4 Å². The number of hydrogen-bond acceptors (Lipinski definition) is 4. The highest BCUT2D eigenvalue weighted by Gasteiger charge is 2.07. The van der Waals surface area contributed by atoms with Gasteiger partial charge in [-0.05, 0) is 31.2 Å². The van der Waals surface area contributed by atoms with Crippen molar-refractivity contribution in [1.29, 1.82) is 0 Å². The number of fused-ring (bicyclic) bond motifs is 1. The third-order valence-corrected chi connectivity index (χ3v) is 3.28. The number of imidazole rings is 1. The maximum atomic E-state index is 9.68. The van der Waals surface area contributed by atoms with E-state index in [2.05, 4.69) is 27.0 Å². The summed E-state index contributed by atoms with van der Waals surface area (Å²) in [6, 6.07) is 15.0. The van der Waals surface area contributed by atoms with Gasteiger partial charge < -0.3 is 9.67 Å². The Bertz CT molecular complexity index is 792. The van der Waals surface area contributed by atoms with Gasteiger partial charge in [-0.3, -0.25) is 0 Å². The molecule has 0 fully saturated rings. The molecule has 0 amide bonds. The number of aryl methyl sites for hydroxylation is 1. The molecule has 2 N–H and O–H groups in total. The quantitative estimate of drug-likeness (QED) is 0.570. The van der Waals surface area contributed by atoms with E-state index in [9.17, 15) is 5.11 Å². The van der Waals surface area contributed by atoms with Crippen LogP contribution in [0.3, 0.4) is 0 Å². The van der Waals surface area contributed by atoms with Gasteiger partial charge in [-0.15, -0.1) is 0 Å². The fourth-order valence-electron chi connectivity index (χ4n) is 2.24. The first-order valence-electron chi connectivity index (χ1n) is 6.82. The summed E-state index contributed by atoms with van der Waals surface area (Å²) in [4.78, 5) is 4.51. The van der Waals surface area contributed by atoms with E-state index in [1.54, 1.807) is 24.4 Å². The number of rotatable bonds is 4. The first-order valence-corrected chi connectivity index (χ1v) is 6.82. The molecule has 0 radical (unpaired) electrons. The Kier molecular flexibility index (Phi) is 3.55. The van der Waals surface area contributed by atoms with Crippen LogP contribution in [0.1, 0.15) is 12.5 Å². The molecular formula is C16H16N4O. The predicted molar refractivity (Wildman–Crippen MR) is 84.7 cm³/mol. The van der Waals surface area contributed by atoms with Crippen molar-refractivity contribution < 1.29 is 5.11 Å². The monoisotopic (exact) mass is 280 g/mol. The summed E-state index contributed by atoms with van der Waals surface area (Å²) in [7, 11) is 0. The van der Waals surface area contributed by atoms with Crippen molar-refractivity contribution in [1.82, 2.24) is 9.55 Å². The minimum Gasteiger partial charge on any atom is -0.507 e. The molecule has 1 aromatic heterocycles. The standard InChI is InChI=1S/C16H16N4O/c1-2-20-14-9-5-4-8-13(14)18-16(20)19-17-11-12-7-3-6-10-15(12)21/h3-11,21H,2H2,1H3,(H,18,19). The molecule has 0 aliphatic heterocycles. The van der Waals surface area contributed by atoms with Crippen LogP contribution in [0.15, 0.2) is 53.6 Å². The van der Waals surface area contributed by atoms with Crippen molar-refractivity contribution in [2.24, 2.45) is 5.10 Å². The van der Waals surface area contributed by atoms with Gasteiger partial charge in [0, 0.05) is 12.1 Å². The number of benzene rings is 2. The molecular weight excluding hydrogens is 264 g/mol. The Morgan fingerprint density at radius 2 is 1.95 bits per heavy atom. The van der Waals surface area contributed by atoms with E-state index in [-0.39, 0.29) is 5.75 Å². The van der Waals surface area contributed by atoms with Crippen molar-refractivity contribution in [3.05, 3.63) is 54.1 Å². The molecule has 5 nitrogen and oxygen atoms in total. The molecule has 0 unspecified atom stereocenters. The van der Waals surface area contributed by atoms with Crippen LogP contribution < -0.4 is 5.43 Å². The van der Waals surface area contributed by atoms with Crippen molar-refractivity contribution in [2.45, 2.75) is 13.5 Å². The molecule has 1 heterocycles. The summed E-state index contributed by atoms with van der Waals surface area (Å²) in [5, 5.41) is 13.8. The van der Waals surface area contributed by atoms with Crippen molar-refractivity contribution in [2.75, 3.05) is 5.43 Å². The highest BCUT2D eigenvalue weighted by molar-refractivity contribution is 5.84. The molecule has 0 spiro atoms. The second kappa shape index (κ2) is 5.66. The Balaban J connectivity index is 1.87. The second-order valence-electron chi connectivity index (χ2n) is 4.60. The van der Waals surface area contributed by atoms with Crippen LogP contribution >= 0.6 is 0 Å². The second-order valence-corrected chi connectivity index (χ2v) is 4.60. The number of phenols is 1. The summed E-state index contributed by atoms with van der Waals surface area (Å²) < 4.78 is 2.05. The maximum absolute atomic E-state index is 9.68.